The molecule has 0 radical (unpaired) electrons. The number of likely N-dealkylation sites (tertiary alicyclic amines) is 1. The van der Waals surface area contributed by atoms with E-state index in [0.717, 1.165) is 17.7 Å². The van der Waals surface area contributed by atoms with Gasteiger partial charge in [-0.15, -0.1) is 0 Å². The van der Waals surface area contributed by atoms with Crippen molar-refractivity contribution in [3.63, 3.8) is 0 Å². The Morgan fingerprint density at radius 2 is 2.15 bits per heavy atom. The summed E-state index contributed by atoms with van der Waals surface area (Å²) < 4.78 is 6.20. The predicted octanol–water partition coefficient (Wildman–Crippen LogP) is 2.03. The second-order valence-corrected chi connectivity index (χ2v) is 5.57. The Kier molecular flexibility index (Phi) is 3.12. The van der Waals surface area contributed by atoms with E-state index in [9.17, 15) is 10.0 Å². The average molecular weight is 274 g/mol. The van der Waals surface area contributed by atoms with Crippen molar-refractivity contribution in [1.29, 1.82) is 0 Å². The molecular formula is C15H18N2O3. The number of amides is 1. The molecule has 1 atom stereocenters. The Hall–Kier alpha value is -2.04. The second-order valence-electron chi connectivity index (χ2n) is 5.57. The summed E-state index contributed by atoms with van der Waals surface area (Å²) >= 11 is 0. The zero-order valence-corrected chi connectivity index (χ0v) is 11.5. The van der Waals surface area contributed by atoms with E-state index >= 15 is 0 Å². The largest absolute Gasteiger partial charge is 0.486 e. The van der Waals surface area contributed by atoms with Gasteiger partial charge in [0.25, 0.3) is 0 Å². The fourth-order valence-electron chi connectivity index (χ4n) is 2.98. The van der Waals surface area contributed by atoms with Crippen molar-refractivity contribution < 1.29 is 14.7 Å². The molecule has 1 aromatic rings. The van der Waals surface area contributed by atoms with E-state index in [4.69, 9.17) is 4.74 Å². The summed E-state index contributed by atoms with van der Waals surface area (Å²) in [6.45, 7) is 0.666. The maximum Gasteiger partial charge on any atom is 0.222 e. The van der Waals surface area contributed by atoms with Gasteiger partial charge < -0.3 is 14.8 Å². The highest BCUT2D eigenvalue weighted by Crippen LogP contribution is 2.39. The molecule has 3 rings (SSSR count). The average Bonchev–Trinajstić information content (AvgIpc) is 2.61. The summed E-state index contributed by atoms with van der Waals surface area (Å²) in [4.78, 5) is 13.6. The fourth-order valence-corrected chi connectivity index (χ4v) is 2.98. The summed E-state index contributed by atoms with van der Waals surface area (Å²) in [5.74, 6) is 0.885. The molecule has 0 saturated carbocycles. The van der Waals surface area contributed by atoms with Crippen LogP contribution in [0.2, 0.25) is 0 Å². The molecule has 1 aromatic carbocycles. The van der Waals surface area contributed by atoms with Crippen LogP contribution in [0.25, 0.3) is 0 Å². The van der Waals surface area contributed by atoms with Gasteiger partial charge in [-0.3, -0.25) is 4.79 Å². The number of rotatable bonds is 0. The number of ether oxygens (including phenoxy) is 1. The topological polar surface area (TPSA) is 62.1 Å². The number of hydrogen-bond acceptors (Lipinski definition) is 4. The second kappa shape index (κ2) is 4.81. The molecule has 0 unspecified atom stereocenters. The predicted molar refractivity (Wildman–Crippen MR) is 74.2 cm³/mol. The SMILES string of the molecule is CN1CC[C@]2(CCC1=O)C/C(=N/O)c1ccccc1O2. The number of benzene rings is 1. The number of hydrogen-bond donors (Lipinski definition) is 1. The molecule has 2 aliphatic heterocycles. The van der Waals surface area contributed by atoms with Crippen LogP contribution in [0.3, 0.4) is 0 Å². The number of nitrogens with zero attached hydrogens (tertiary/aromatic N) is 2. The Morgan fingerprint density at radius 3 is 2.95 bits per heavy atom. The van der Waals surface area contributed by atoms with Crippen molar-refractivity contribution >= 4 is 11.6 Å². The van der Waals surface area contributed by atoms with Gasteiger partial charge in [-0.2, -0.15) is 0 Å². The fraction of sp³-hybridized carbons (Fsp3) is 0.467. The number of carbonyl (C=O) groups excluding carboxylic acids is 1. The Labute approximate surface area is 117 Å². The van der Waals surface area contributed by atoms with Gasteiger partial charge in [0.1, 0.15) is 11.4 Å². The molecule has 1 N–H and O–H groups in total. The van der Waals surface area contributed by atoms with Crippen molar-refractivity contribution in [3.05, 3.63) is 29.8 Å². The highest BCUT2D eigenvalue weighted by atomic mass is 16.5. The van der Waals surface area contributed by atoms with Crippen molar-refractivity contribution in [2.45, 2.75) is 31.3 Å². The third-order valence-corrected chi connectivity index (χ3v) is 4.26. The van der Waals surface area contributed by atoms with E-state index in [-0.39, 0.29) is 5.91 Å². The summed E-state index contributed by atoms with van der Waals surface area (Å²) in [5.41, 5.74) is 1.05. The van der Waals surface area contributed by atoms with Crippen LogP contribution in [0.5, 0.6) is 5.75 Å². The van der Waals surface area contributed by atoms with E-state index in [1.54, 1.807) is 4.90 Å². The number of carbonyl (C=O) groups is 1. The normalized spacial score (nSPS) is 28.1. The summed E-state index contributed by atoms with van der Waals surface area (Å²) in [7, 11) is 1.82. The minimum atomic E-state index is -0.434. The molecule has 20 heavy (non-hydrogen) atoms. The molecule has 0 aromatic heterocycles. The van der Waals surface area contributed by atoms with E-state index in [1.807, 2.05) is 31.3 Å². The van der Waals surface area contributed by atoms with Gasteiger partial charge in [0.05, 0.1) is 5.71 Å². The smallest absolute Gasteiger partial charge is 0.222 e. The van der Waals surface area contributed by atoms with Gasteiger partial charge in [0.2, 0.25) is 5.91 Å². The van der Waals surface area contributed by atoms with Crippen molar-refractivity contribution in [1.82, 2.24) is 4.90 Å². The minimum absolute atomic E-state index is 0.145. The van der Waals surface area contributed by atoms with Gasteiger partial charge in [-0.25, -0.2) is 0 Å². The van der Waals surface area contributed by atoms with Crippen molar-refractivity contribution in [3.8, 4) is 5.75 Å². The van der Waals surface area contributed by atoms with E-state index < -0.39 is 5.60 Å². The molecule has 1 amide bonds. The van der Waals surface area contributed by atoms with E-state index in [0.29, 0.717) is 31.5 Å². The Morgan fingerprint density at radius 1 is 1.35 bits per heavy atom. The van der Waals surface area contributed by atoms with Crippen LogP contribution < -0.4 is 4.74 Å². The lowest BCUT2D eigenvalue weighted by Gasteiger charge is -2.38. The maximum absolute atomic E-state index is 11.8. The molecule has 5 heteroatoms. The zero-order valence-electron chi connectivity index (χ0n) is 11.5. The van der Waals surface area contributed by atoms with Crippen LogP contribution in [0.1, 0.15) is 31.2 Å². The van der Waals surface area contributed by atoms with Crippen LogP contribution in [0.15, 0.2) is 29.4 Å². The minimum Gasteiger partial charge on any atom is -0.486 e. The number of fused-ring (bicyclic) bond motifs is 1. The van der Waals surface area contributed by atoms with Crippen LogP contribution >= 0.6 is 0 Å². The Bertz CT molecular complexity index is 570. The number of para-hydroxylation sites is 1. The van der Waals surface area contributed by atoms with E-state index in [1.165, 1.54) is 0 Å². The van der Waals surface area contributed by atoms with Gasteiger partial charge in [0.15, 0.2) is 0 Å². The molecule has 106 valence electrons. The first-order chi connectivity index (χ1) is 9.63. The summed E-state index contributed by atoms with van der Waals surface area (Å²) in [5, 5.41) is 12.7. The van der Waals surface area contributed by atoms with Gasteiger partial charge in [-0.05, 0) is 18.6 Å². The van der Waals surface area contributed by atoms with E-state index in [2.05, 4.69) is 5.16 Å². The first-order valence-electron chi connectivity index (χ1n) is 6.87. The number of oxime groups is 1. The highest BCUT2D eigenvalue weighted by molar-refractivity contribution is 6.04. The highest BCUT2D eigenvalue weighted by Gasteiger charge is 2.41. The molecular weight excluding hydrogens is 256 g/mol. The summed E-state index contributed by atoms with van der Waals surface area (Å²) in [6.07, 6.45) is 2.42. The third kappa shape index (κ3) is 2.13. The monoisotopic (exact) mass is 274 g/mol. The molecule has 1 spiro atoms. The quantitative estimate of drug-likeness (QED) is 0.581. The molecule has 0 aliphatic carbocycles. The Balaban J connectivity index is 1.95. The molecule has 1 saturated heterocycles. The molecule has 2 heterocycles. The molecule has 0 bridgehead atoms. The van der Waals surface area contributed by atoms with Crippen molar-refractivity contribution in [2.24, 2.45) is 5.16 Å². The molecule has 1 fully saturated rings. The lowest BCUT2D eigenvalue weighted by molar-refractivity contribution is -0.129. The third-order valence-electron chi connectivity index (χ3n) is 4.26. The van der Waals surface area contributed by atoms with Gasteiger partial charge in [0, 0.05) is 38.4 Å². The lowest BCUT2D eigenvalue weighted by Crippen LogP contribution is -2.43. The summed E-state index contributed by atoms with van der Waals surface area (Å²) in [6, 6.07) is 7.58. The molecule has 5 nitrogen and oxygen atoms in total. The van der Waals surface area contributed by atoms with Crippen LogP contribution in [-0.4, -0.2) is 40.9 Å². The van der Waals surface area contributed by atoms with Crippen molar-refractivity contribution in [2.75, 3.05) is 13.6 Å². The first-order valence-corrected chi connectivity index (χ1v) is 6.87. The van der Waals surface area contributed by atoms with Gasteiger partial charge >= 0.3 is 0 Å². The standard InChI is InChI=1S/C15H18N2O3/c1-17-9-8-15(7-6-14(17)18)10-12(16-19)11-4-2-3-5-13(11)20-15/h2-5,19H,6-10H2,1H3/b16-12-/t15-/m1/s1. The first kappa shape index (κ1) is 13.0. The lowest BCUT2D eigenvalue weighted by atomic mass is 9.84. The van der Waals surface area contributed by atoms with Crippen LogP contribution in [0.4, 0.5) is 0 Å². The zero-order chi connectivity index (χ0) is 14.2. The maximum atomic E-state index is 11.8. The van der Waals surface area contributed by atoms with Gasteiger partial charge in [-0.1, -0.05) is 17.3 Å². The molecule has 2 aliphatic rings. The van der Waals surface area contributed by atoms with Crippen LogP contribution in [-0.2, 0) is 4.79 Å². The van der Waals surface area contributed by atoms with Crippen LogP contribution in [0, 0.1) is 0 Å².